The van der Waals surface area contributed by atoms with Crippen molar-refractivity contribution in [1.82, 2.24) is 5.43 Å². The summed E-state index contributed by atoms with van der Waals surface area (Å²) in [5.74, 6) is 7.84. The topological polar surface area (TPSA) is 47.3 Å². The zero-order valence-electron chi connectivity index (χ0n) is 13.0. The maximum atomic E-state index is 6.20. The van der Waals surface area contributed by atoms with Crippen molar-refractivity contribution in [1.29, 1.82) is 0 Å². The molecule has 1 saturated heterocycles. The second-order valence-electron chi connectivity index (χ2n) is 7.14. The lowest BCUT2D eigenvalue weighted by Crippen LogP contribution is -2.52. The first-order chi connectivity index (χ1) is 9.08. The van der Waals surface area contributed by atoms with Crippen molar-refractivity contribution in [3.05, 3.63) is 0 Å². The fourth-order valence-corrected chi connectivity index (χ4v) is 4.05. The molecule has 0 bridgehead atoms. The summed E-state index contributed by atoms with van der Waals surface area (Å²) in [7, 11) is 0. The zero-order chi connectivity index (χ0) is 13.9. The second-order valence-corrected chi connectivity index (χ2v) is 7.14. The first-order valence-corrected chi connectivity index (χ1v) is 8.18. The van der Waals surface area contributed by atoms with Crippen LogP contribution in [0.15, 0.2) is 0 Å². The molecular formula is C16H32N2O. The Morgan fingerprint density at radius 1 is 1.16 bits per heavy atom. The molecule has 1 saturated carbocycles. The maximum Gasteiger partial charge on any atom is 0.0685 e. The summed E-state index contributed by atoms with van der Waals surface area (Å²) in [5.41, 5.74) is 3.31. The third kappa shape index (κ3) is 3.50. The molecule has 0 amide bonds. The number of hydrogen-bond donors (Lipinski definition) is 2. The van der Waals surface area contributed by atoms with Crippen molar-refractivity contribution in [3.63, 3.8) is 0 Å². The average molecular weight is 268 g/mol. The van der Waals surface area contributed by atoms with Gasteiger partial charge in [0.2, 0.25) is 0 Å². The lowest BCUT2D eigenvalue weighted by atomic mass is 9.71. The Morgan fingerprint density at radius 2 is 1.84 bits per heavy atom. The average Bonchev–Trinajstić information content (AvgIpc) is 2.40. The molecule has 19 heavy (non-hydrogen) atoms. The largest absolute Gasteiger partial charge is 0.375 e. The van der Waals surface area contributed by atoms with Gasteiger partial charge in [-0.2, -0.15) is 0 Å². The summed E-state index contributed by atoms with van der Waals surface area (Å²) in [6.07, 6.45) is 8.96. The van der Waals surface area contributed by atoms with E-state index in [0.717, 1.165) is 13.0 Å². The van der Waals surface area contributed by atoms with E-state index in [-0.39, 0.29) is 5.60 Å². The van der Waals surface area contributed by atoms with Gasteiger partial charge in [0.1, 0.15) is 0 Å². The number of hydrogen-bond acceptors (Lipinski definition) is 3. The van der Waals surface area contributed by atoms with Gasteiger partial charge < -0.3 is 4.74 Å². The van der Waals surface area contributed by atoms with Gasteiger partial charge in [-0.15, -0.1) is 0 Å². The van der Waals surface area contributed by atoms with E-state index in [1.54, 1.807) is 0 Å². The summed E-state index contributed by atoms with van der Waals surface area (Å²) >= 11 is 0. The van der Waals surface area contributed by atoms with E-state index in [9.17, 15) is 0 Å². The molecule has 3 unspecified atom stereocenters. The zero-order valence-corrected chi connectivity index (χ0v) is 13.0. The molecule has 1 heterocycles. The molecule has 2 aliphatic rings. The van der Waals surface area contributed by atoms with E-state index < -0.39 is 0 Å². The minimum atomic E-state index is 0.187. The summed E-state index contributed by atoms with van der Waals surface area (Å²) in [6, 6.07) is 0.433. The van der Waals surface area contributed by atoms with Gasteiger partial charge in [-0.05, 0) is 43.4 Å². The van der Waals surface area contributed by atoms with Gasteiger partial charge in [0, 0.05) is 12.6 Å². The molecule has 0 aromatic carbocycles. The SMILES string of the molecule is CC(C)C(C)C(NN)C1CCOC2(CCCCC2)C1. The number of ether oxygens (including phenoxy) is 1. The molecule has 3 atom stereocenters. The number of nitrogens with two attached hydrogens (primary N) is 1. The Kier molecular flexibility index (Phi) is 5.27. The van der Waals surface area contributed by atoms with E-state index in [1.165, 1.54) is 38.5 Å². The van der Waals surface area contributed by atoms with Crippen LogP contribution in [0.5, 0.6) is 0 Å². The minimum Gasteiger partial charge on any atom is -0.375 e. The highest BCUT2D eigenvalue weighted by Gasteiger charge is 2.41. The second kappa shape index (κ2) is 6.55. The third-order valence-electron chi connectivity index (χ3n) is 5.61. The number of nitrogens with one attached hydrogen (secondary N) is 1. The molecule has 2 fully saturated rings. The van der Waals surface area contributed by atoms with E-state index in [2.05, 4.69) is 26.2 Å². The normalized spacial score (nSPS) is 30.5. The van der Waals surface area contributed by atoms with Crippen LogP contribution in [-0.2, 0) is 4.74 Å². The molecule has 3 heteroatoms. The van der Waals surface area contributed by atoms with Crippen molar-refractivity contribution in [3.8, 4) is 0 Å². The summed E-state index contributed by atoms with van der Waals surface area (Å²) in [4.78, 5) is 0. The molecule has 3 N–H and O–H groups in total. The van der Waals surface area contributed by atoms with Crippen LogP contribution < -0.4 is 11.3 Å². The summed E-state index contributed by atoms with van der Waals surface area (Å²) in [6.45, 7) is 7.85. The summed E-state index contributed by atoms with van der Waals surface area (Å²) in [5, 5.41) is 0. The molecule has 0 radical (unpaired) electrons. The predicted octanol–water partition coefficient (Wildman–Crippen LogP) is 3.24. The van der Waals surface area contributed by atoms with Crippen LogP contribution >= 0.6 is 0 Å². The van der Waals surface area contributed by atoms with Crippen LogP contribution in [0.4, 0.5) is 0 Å². The van der Waals surface area contributed by atoms with Crippen LogP contribution in [0.25, 0.3) is 0 Å². The Hall–Kier alpha value is -0.120. The standard InChI is InChI=1S/C16H32N2O/c1-12(2)13(3)15(18-17)14-7-10-19-16(11-14)8-5-4-6-9-16/h12-15,18H,4-11,17H2,1-3H3. The van der Waals surface area contributed by atoms with E-state index in [0.29, 0.717) is 23.8 Å². The van der Waals surface area contributed by atoms with Gasteiger partial charge in [0.15, 0.2) is 0 Å². The fourth-order valence-electron chi connectivity index (χ4n) is 4.05. The van der Waals surface area contributed by atoms with E-state index in [4.69, 9.17) is 10.6 Å². The van der Waals surface area contributed by atoms with Crippen molar-refractivity contribution < 1.29 is 4.74 Å². The van der Waals surface area contributed by atoms with Crippen LogP contribution in [-0.4, -0.2) is 18.2 Å². The van der Waals surface area contributed by atoms with Gasteiger partial charge in [-0.3, -0.25) is 11.3 Å². The quantitative estimate of drug-likeness (QED) is 0.608. The number of rotatable bonds is 4. The van der Waals surface area contributed by atoms with Gasteiger partial charge in [0.25, 0.3) is 0 Å². The molecule has 1 aliphatic carbocycles. The lowest BCUT2D eigenvalue weighted by molar-refractivity contribution is -0.124. The third-order valence-corrected chi connectivity index (χ3v) is 5.61. The molecule has 112 valence electrons. The minimum absolute atomic E-state index is 0.187. The van der Waals surface area contributed by atoms with Gasteiger partial charge in [-0.1, -0.05) is 40.0 Å². The lowest BCUT2D eigenvalue weighted by Gasteiger charge is -2.46. The highest BCUT2D eigenvalue weighted by molar-refractivity contribution is 4.94. The first-order valence-electron chi connectivity index (χ1n) is 8.18. The van der Waals surface area contributed by atoms with Crippen LogP contribution in [0, 0.1) is 17.8 Å². The maximum absolute atomic E-state index is 6.20. The Bertz CT molecular complexity index is 268. The Labute approximate surface area is 118 Å². The van der Waals surface area contributed by atoms with E-state index >= 15 is 0 Å². The first kappa shape index (κ1) is 15.3. The molecule has 3 nitrogen and oxygen atoms in total. The van der Waals surface area contributed by atoms with Crippen molar-refractivity contribution in [2.24, 2.45) is 23.6 Å². The Morgan fingerprint density at radius 3 is 2.42 bits per heavy atom. The van der Waals surface area contributed by atoms with Gasteiger partial charge >= 0.3 is 0 Å². The molecule has 1 aliphatic heterocycles. The van der Waals surface area contributed by atoms with Crippen molar-refractivity contribution >= 4 is 0 Å². The predicted molar refractivity (Wildman–Crippen MR) is 79.6 cm³/mol. The highest BCUT2D eigenvalue weighted by Crippen LogP contribution is 2.42. The molecular weight excluding hydrogens is 236 g/mol. The van der Waals surface area contributed by atoms with Gasteiger partial charge in [-0.25, -0.2) is 0 Å². The van der Waals surface area contributed by atoms with Gasteiger partial charge in [0.05, 0.1) is 5.60 Å². The molecule has 1 spiro atoms. The van der Waals surface area contributed by atoms with Crippen molar-refractivity contribution in [2.45, 2.75) is 77.4 Å². The fraction of sp³-hybridized carbons (Fsp3) is 1.00. The van der Waals surface area contributed by atoms with Crippen LogP contribution in [0.1, 0.15) is 65.7 Å². The molecule has 0 aromatic rings. The van der Waals surface area contributed by atoms with E-state index in [1.807, 2.05) is 0 Å². The Balaban J connectivity index is 2.02. The molecule has 2 rings (SSSR count). The van der Waals surface area contributed by atoms with Crippen LogP contribution in [0.3, 0.4) is 0 Å². The monoisotopic (exact) mass is 268 g/mol. The molecule has 0 aromatic heterocycles. The van der Waals surface area contributed by atoms with Crippen molar-refractivity contribution in [2.75, 3.05) is 6.61 Å². The highest BCUT2D eigenvalue weighted by atomic mass is 16.5. The smallest absolute Gasteiger partial charge is 0.0685 e. The summed E-state index contributed by atoms with van der Waals surface area (Å²) < 4.78 is 6.20. The van der Waals surface area contributed by atoms with Crippen LogP contribution in [0.2, 0.25) is 0 Å². The number of hydrazine groups is 1.